The fourth-order valence-electron chi connectivity index (χ4n) is 1.85. The van der Waals surface area contributed by atoms with Crippen LogP contribution in [0.1, 0.15) is 6.42 Å². The first-order valence-electron chi connectivity index (χ1n) is 5.96. The van der Waals surface area contributed by atoms with Gasteiger partial charge in [0.25, 0.3) is 5.92 Å². The second-order valence-corrected chi connectivity index (χ2v) is 4.89. The van der Waals surface area contributed by atoms with E-state index in [9.17, 15) is 8.78 Å². The van der Waals surface area contributed by atoms with Gasteiger partial charge < -0.3 is 10.2 Å². The highest BCUT2D eigenvalue weighted by molar-refractivity contribution is 6.33. The third kappa shape index (κ3) is 3.57. The number of hydrogen-bond acceptors (Lipinski definition) is 2. The van der Waals surface area contributed by atoms with E-state index in [0.29, 0.717) is 10.7 Å². The summed E-state index contributed by atoms with van der Waals surface area (Å²) in [6.07, 6.45) is -0.275. The molecule has 1 aliphatic heterocycles. The van der Waals surface area contributed by atoms with Crippen molar-refractivity contribution in [1.29, 1.82) is 10.8 Å². The van der Waals surface area contributed by atoms with Gasteiger partial charge in [0.2, 0.25) is 0 Å². The van der Waals surface area contributed by atoms with Crippen molar-refractivity contribution < 1.29 is 8.78 Å². The van der Waals surface area contributed by atoms with Crippen molar-refractivity contribution in [3.8, 4) is 0 Å². The van der Waals surface area contributed by atoms with E-state index in [1.165, 1.54) is 4.90 Å². The van der Waals surface area contributed by atoms with Crippen LogP contribution < -0.4 is 10.6 Å². The lowest BCUT2D eigenvalue weighted by molar-refractivity contribution is 0.0173. The van der Waals surface area contributed by atoms with Crippen molar-refractivity contribution in [3.05, 3.63) is 29.3 Å². The number of rotatable bonds is 1. The number of nitrogens with one attached hydrogen (secondary N) is 4. The SMILES string of the molecule is N=C(NC(=N)N1CCC(F)(F)C1)Nc1ccccc1Cl. The molecule has 0 amide bonds. The maximum atomic E-state index is 13.0. The Hall–Kier alpha value is -1.89. The van der Waals surface area contributed by atoms with Crippen LogP contribution in [0, 0.1) is 10.8 Å². The molecule has 0 aliphatic carbocycles. The van der Waals surface area contributed by atoms with Crippen LogP contribution >= 0.6 is 11.6 Å². The van der Waals surface area contributed by atoms with Crippen LogP contribution in [0.2, 0.25) is 5.02 Å². The van der Waals surface area contributed by atoms with E-state index >= 15 is 0 Å². The van der Waals surface area contributed by atoms with E-state index in [1.807, 2.05) is 0 Å². The number of benzene rings is 1. The molecule has 0 saturated carbocycles. The lowest BCUT2D eigenvalue weighted by atomic mass is 10.3. The Morgan fingerprint density at radius 1 is 1.30 bits per heavy atom. The zero-order valence-electron chi connectivity index (χ0n) is 10.5. The predicted molar refractivity (Wildman–Crippen MR) is 74.8 cm³/mol. The van der Waals surface area contributed by atoms with E-state index in [2.05, 4.69) is 10.6 Å². The second kappa shape index (κ2) is 5.62. The van der Waals surface area contributed by atoms with E-state index in [4.69, 9.17) is 22.4 Å². The van der Waals surface area contributed by atoms with Gasteiger partial charge in [-0.2, -0.15) is 0 Å². The standard InChI is InChI=1S/C12H14ClF2N5/c13-8-3-1-2-4-9(8)18-10(16)19-11(17)20-6-5-12(14,15)7-20/h1-4H,5-7H2,(H4,16,17,18,19). The Morgan fingerprint density at radius 3 is 2.60 bits per heavy atom. The van der Waals surface area contributed by atoms with Crippen molar-refractivity contribution >= 4 is 29.2 Å². The molecule has 2 rings (SSSR count). The summed E-state index contributed by atoms with van der Waals surface area (Å²) >= 11 is 5.92. The average molecular weight is 302 g/mol. The lowest BCUT2D eigenvalue weighted by Crippen LogP contribution is -2.45. The van der Waals surface area contributed by atoms with Gasteiger partial charge in [0.05, 0.1) is 17.3 Å². The van der Waals surface area contributed by atoms with Crippen LogP contribution in [0.3, 0.4) is 0 Å². The van der Waals surface area contributed by atoms with Crippen LogP contribution in [0.5, 0.6) is 0 Å². The molecular weight excluding hydrogens is 288 g/mol. The van der Waals surface area contributed by atoms with Gasteiger partial charge in [-0.15, -0.1) is 0 Å². The second-order valence-electron chi connectivity index (χ2n) is 4.48. The number of halogens is 3. The van der Waals surface area contributed by atoms with Gasteiger partial charge in [-0.25, -0.2) is 8.78 Å². The number of alkyl halides is 2. The van der Waals surface area contributed by atoms with Crippen LogP contribution in [0.25, 0.3) is 0 Å². The summed E-state index contributed by atoms with van der Waals surface area (Å²) in [5.41, 5.74) is 0.506. The molecule has 0 unspecified atom stereocenters. The largest absolute Gasteiger partial charge is 0.337 e. The van der Waals surface area contributed by atoms with Crippen LogP contribution in [0.15, 0.2) is 24.3 Å². The normalized spacial score (nSPS) is 16.9. The minimum absolute atomic E-state index is 0.0954. The van der Waals surface area contributed by atoms with Gasteiger partial charge >= 0.3 is 0 Å². The Labute approximate surface area is 119 Å². The monoisotopic (exact) mass is 301 g/mol. The molecule has 0 radical (unpaired) electrons. The number of nitrogens with zero attached hydrogens (tertiary/aromatic N) is 1. The number of likely N-dealkylation sites (tertiary alicyclic amines) is 1. The smallest absolute Gasteiger partial charge is 0.267 e. The molecule has 0 spiro atoms. The molecule has 0 aromatic heterocycles. The Bertz CT molecular complexity index is 534. The van der Waals surface area contributed by atoms with Crippen molar-refractivity contribution in [2.75, 3.05) is 18.4 Å². The molecule has 1 fully saturated rings. The summed E-state index contributed by atoms with van der Waals surface area (Å²) in [6.45, 7) is -0.406. The molecule has 1 aromatic carbocycles. The lowest BCUT2D eigenvalue weighted by Gasteiger charge is -2.20. The molecule has 1 heterocycles. The van der Waals surface area contributed by atoms with Gasteiger partial charge in [0.1, 0.15) is 0 Å². The van der Waals surface area contributed by atoms with E-state index < -0.39 is 12.5 Å². The quantitative estimate of drug-likeness (QED) is 0.476. The molecule has 4 N–H and O–H groups in total. The zero-order chi connectivity index (χ0) is 14.8. The number of anilines is 1. The summed E-state index contributed by atoms with van der Waals surface area (Å²) in [4.78, 5) is 1.20. The van der Waals surface area contributed by atoms with E-state index in [1.54, 1.807) is 24.3 Å². The van der Waals surface area contributed by atoms with Crippen molar-refractivity contribution in [1.82, 2.24) is 10.2 Å². The van der Waals surface area contributed by atoms with Gasteiger partial charge in [0.15, 0.2) is 11.9 Å². The topological polar surface area (TPSA) is 75.0 Å². The molecule has 20 heavy (non-hydrogen) atoms. The minimum atomic E-state index is -2.77. The van der Waals surface area contributed by atoms with Crippen molar-refractivity contribution in [2.24, 2.45) is 0 Å². The van der Waals surface area contributed by atoms with E-state index in [-0.39, 0.29) is 24.9 Å². The first kappa shape index (κ1) is 14.5. The van der Waals surface area contributed by atoms with Gasteiger partial charge in [-0.1, -0.05) is 23.7 Å². The summed E-state index contributed by atoms with van der Waals surface area (Å²) < 4.78 is 26.1. The first-order chi connectivity index (χ1) is 9.37. The summed E-state index contributed by atoms with van der Waals surface area (Å²) in [5.74, 6) is -3.20. The highest BCUT2D eigenvalue weighted by Gasteiger charge is 2.39. The first-order valence-corrected chi connectivity index (χ1v) is 6.34. The van der Waals surface area contributed by atoms with Crippen molar-refractivity contribution in [3.63, 3.8) is 0 Å². The fraction of sp³-hybridized carbons (Fsp3) is 0.333. The number of para-hydroxylation sites is 1. The summed E-state index contributed by atoms with van der Waals surface area (Å²) in [5, 5.41) is 20.9. The van der Waals surface area contributed by atoms with Crippen LogP contribution in [0.4, 0.5) is 14.5 Å². The molecule has 1 aromatic rings. The maximum absolute atomic E-state index is 13.0. The summed E-state index contributed by atoms with van der Waals surface area (Å²) in [7, 11) is 0. The maximum Gasteiger partial charge on any atom is 0.267 e. The van der Waals surface area contributed by atoms with Crippen LogP contribution in [-0.4, -0.2) is 35.8 Å². The molecule has 1 saturated heterocycles. The molecule has 5 nitrogen and oxygen atoms in total. The molecule has 1 aliphatic rings. The van der Waals surface area contributed by atoms with E-state index in [0.717, 1.165) is 0 Å². The number of guanidine groups is 2. The fourth-order valence-corrected chi connectivity index (χ4v) is 2.04. The predicted octanol–water partition coefficient (Wildman–Crippen LogP) is 2.55. The third-order valence-corrected chi connectivity index (χ3v) is 3.19. The highest BCUT2D eigenvalue weighted by Crippen LogP contribution is 2.26. The molecule has 0 atom stereocenters. The minimum Gasteiger partial charge on any atom is -0.337 e. The molecule has 8 heteroatoms. The Balaban J connectivity index is 1.89. The van der Waals surface area contributed by atoms with Crippen LogP contribution in [-0.2, 0) is 0 Å². The highest BCUT2D eigenvalue weighted by atomic mass is 35.5. The molecule has 108 valence electrons. The summed E-state index contributed by atoms with van der Waals surface area (Å²) in [6, 6.07) is 6.82. The van der Waals surface area contributed by atoms with Gasteiger partial charge in [-0.3, -0.25) is 16.1 Å². The molecule has 0 bridgehead atoms. The van der Waals surface area contributed by atoms with Gasteiger partial charge in [-0.05, 0) is 12.1 Å². The average Bonchev–Trinajstić information content (AvgIpc) is 2.73. The van der Waals surface area contributed by atoms with Crippen molar-refractivity contribution in [2.45, 2.75) is 12.3 Å². The number of hydrogen-bond donors (Lipinski definition) is 4. The Morgan fingerprint density at radius 2 is 2.00 bits per heavy atom. The Kier molecular flexibility index (Phi) is 4.08. The third-order valence-electron chi connectivity index (χ3n) is 2.86. The van der Waals surface area contributed by atoms with Gasteiger partial charge in [0, 0.05) is 13.0 Å². The zero-order valence-corrected chi connectivity index (χ0v) is 11.3. The molecular formula is C12H14ClF2N5.